The Morgan fingerprint density at radius 3 is 2.32 bits per heavy atom. The zero-order valence-corrected chi connectivity index (χ0v) is 26.1. The average Bonchev–Trinajstić information content (AvgIpc) is 3.56. The van der Waals surface area contributed by atoms with Gasteiger partial charge < -0.3 is 30.4 Å². The maximum Gasteiger partial charge on any atom is 0.407 e. The van der Waals surface area contributed by atoms with Gasteiger partial charge in [-0.15, -0.1) is 0 Å². The number of morpholine rings is 1. The summed E-state index contributed by atoms with van der Waals surface area (Å²) in [6.45, 7) is 1.07. The Bertz CT molecular complexity index is 1750. The van der Waals surface area contributed by atoms with Crippen molar-refractivity contribution in [1.29, 1.82) is 0 Å². The van der Waals surface area contributed by atoms with E-state index >= 15 is 0 Å². The van der Waals surface area contributed by atoms with Gasteiger partial charge in [0.25, 0.3) is 0 Å². The number of aromatic nitrogens is 2. The molecule has 0 aliphatic carbocycles. The number of benzene rings is 4. The first kappa shape index (κ1) is 31.9. The minimum atomic E-state index is -0.946. The van der Waals surface area contributed by atoms with Gasteiger partial charge in [0.2, 0.25) is 5.91 Å². The number of nitrogens with one attached hydrogen (secondary N) is 4. The van der Waals surface area contributed by atoms with Crippen LogP contribution < -0.4 is 16.0 Å². The number of anilines is 1. The number of para-hydroxylation sites is 2. The highest BCUT2D eigenvalue weighted by Gasteiger charge is 2.33. The number of amides is 2. The van der Waals surface area contributed by atoms with Crippen LogP contribution in [-0.4, -0.2) is 54.4 Å². The second-order valence-electron chi connectivity index (χ2n) is 11.6. The molecule has 2 amide bonds. The Hall–Kier alpha value is -5.06. The molecule has 0 bridgehead atoms. The molecule has 242 valence electrons. The molecule has 4 N–H and O–H groups in total. The number of hydrogen-bond donors (Lipinski definition) is 4. The van der Waals surface area contributed by atoms with Crippen molar-refractivity contribution in [3.05, 3.63) is 131 Å². The zero-order chi connectivity index (χ0) is 32.6. The van der Waals surface area contributed by atoms with Gasteiger partial charge in [-0.25, -0.2) is 14.2 Å². The van der Waals surface area contributed by atoms with Crippen molar-refractivity contribution in [2.75, 3.05) is 25.6 Å². The highest BCUT2D eigenvalue weighted by Crippen LogP contribution is 2.30. The van der Waals surface area contributed by atoms with Crippen molar-refractivity contribution in [3.8, 4) is 0 Å². The van der Waals surface area contributed by atoms with Crippen LogP contribution in [0.3, 0.4) is 0 Å². The maximum absolute atomic E-state index is 14.1. The van der Waals surface area contributed by atoms with E-state index in [4.69, 9.17) is 9.47 Å². The number of aryl methyl sites for hydroxylation is 1. The molecule has 1 aliphatic rings. The van der Waals surface area contributed by atoms with Crippen molar-refractivity contribution < 1.29 is 23.5 Å². The molecule has 47 heavy (non-hydrogen) atoms. The lowest BCUT2D eigenvalue weighted by molar-refractivity contribution is -0.118. The Labute approximate surface area is 272 Å². The molecule has 6 rings (SSSR count). The Morgan fingerprint density at radius 1 is 0.957 bits per heavy atom. The SMILES string of the molecule is COC(=O)NC(C(=O)Nc1ccccc1CCCC1CN[C@H](c2nc3c(F)cccc3[nH]2)CO1)C(c1ccccc1)c1ccccc1. The maximum atomic E-state index is 14.1. The van der Waals surface area contributed by atoms with Crippen molar-refractivity contribution in [1.82, 2.24) is 20.6 Å². The number of hydrogen-bond acceptors (Lipinski definition) is 6. The molecular formula is C37H38FN5O4. The fourth-order valence-electron chi connectivity index (χ4n) is 6.14. The highest BCUT2D eigenvalue weighted by molar-refractivity contribution is 5.98. The van der Waals surface area contributed by atoms with Crippen LogP contribution >= 0.6 is 0 Å². The number of halogens is 1. The van der Waals surface area contributed by atoms with Gasteiger partial charge in [0.15, 0.2) is 5.82 Å². The molecule has 1 saturated heterocycles. The first-order chi connectivity index (χ1) is 23.0. The van der Waals surface area contributed by atoms with Gasteiger partial charge >= 0.3 is 6.09 Å². The minimum Gasteiger partial charge on any atom is -0.453 e. The molecule has 2 unspecified atom stereocenters. The van der Waals surface area contributed by atoms with Crippen LogP contribution in [0.15, 0.2) is 103 Å². The van der Waals surface area contributed by atoms with Crippen molar-refractivity contribution in [2.24, 2.45) is 0 Å². The van der Waals surface area contributed by atoms with Gasteiger partial charge in [-0.3, -0.25) is 4.79 Å². The van der Waals surface area contributed by atoms with E-state index in [9.17, 15) is 14.0 Å². The Balaban J connectivity index is 1.10. The molecule has 0 radical (unpaired) electrons. The predicted molar refractivity (Wildman–Crippen MR) is 179 cm³/mol. The number of carbonyl (C=O) groups is 2. The molecule has 0 spiro atoms. The van der Waals surface area contributed by atoms with Crippen LogP contribution in [0.1, 0.15) is 47.3 Å². The lowest BCUT2D eigenvalue weighted by atomic mass is 9.84. The topological polar surface area (TPSA) is 117 Å². The number of aromatic amines is 1. The Morgan fingerprint density at radius 2 is 1.66 bits per heavy atom. The summed E-state index contributed by atoms with van der Waals surface area (Å²) < 4.78 is 25.2. The molecule has 1 aromatic heterocycles. The van der Waals surface area contributed by atoms with Crippen LogP contribution in [0, 0.1) is 5.82 Å². The van der Waals surface area contributed by atoms with Gasteiger partial charge in [-0.05, 0) is 54.2 Å². The second kappa shape index (κ2) is 15.0. The van der Waals surface area contributed by atoms with E-state index in [1.807, 2.05) is 91.0 Å². The van der Waals surface area contributed by atoms with Crippen LogP contribution in [0.5, 0.6) is 0 Å². The van der Waals surface area contributed by atoms with E-state index in [-0.39, 0.29) is 23.9 Å². The summed E-state index contributed by atoms with van der Waals surface area (Å²) in [5.41, 5.74) is 4.45. The van der Waals surface area contributed by atoms with Crippen LogP contribution in [0.2, 0.25) is 0 Å². The predicted octanol–water partition coefficient (Wildman–Crippen LogP) is 6.25. The number of nitrogens with zero attached hydrogens (tertiary/aromatic N) is 1. The van der Waals surface area contributed by atoms with Crippen molar-refractivity contribution >= 4 is 28.7 Å². The fourth-order valence-corrected chi connectivity index (χ4v) is 6.14. The summed E-state index contributed by atoms with van der Waals surface area (Å²) in [4.78, 5) is 34.2. The largest absolute Gasteiger partial charge is 0.453 e. The highest BCUT2D eigenvalue weighted by atomic mass is 19.1. The van der Waals surface area contributed by atoms with E-state index in [2.05, 4.69) is 25.9 Å². The molecule has 10 heteroatoms. The smallest absolute Gasteiger partial charge is 0.407 e. The number of imidazole rings is 1. The lowest BCUT2D eigenvalue weighted by Gasteiger charge is -2.29. The third-order valence-electron chi connectivity index (χ3n) is 8.54. The Kier molecular flexibility index (Phi) is 10.2. The monoisotopic (exact) mass is 635 g/mol. The number of methoxy groups -OCH3 is 1. The van der Waals surface area contributed by atoms with E-state index in [0.29, 0.717) is 35.7 Å². The summed E-state index contributed by atoms with van der Waals surface area (Å²) >= 11 is 0. The van der Waals surface area contributed by atoms with Crippen molar-refractivity contribution in [2.45, 2.75) is 43.4 Å². The number of alkyl carbamates (subject to hydrolysis) is 1. The van der Waals surface area contributed by atoms with E-state index in [1.165, 1.54) is 13.2 Å². The lowest BCUT2D eigenvalue weighted by Crippen LogP contribution is -2.48. The molecule has 0 saturated carbocycles. The standard InChI is InChI=1S/C37H38FN5O4/c1-46-37(45)43-34(32(25-13-4-2-5-14-25)26-15-6-3-7-16-26)36(44)41-29-20-9-8-12-24(29)17-10-18-27-22-39-31(23-47-27)35-40-30-21-11-19-28(38)33(30)42-35/h2-9,11-16,19-21,27,31-32,34,39H,10,17-18,22-23H2,1H3,(H,40,42)(H,41,44)(H,43,45)/t27?,31-,34?/m0/s1. The number of fused-ring (bicyclic) bond motifs is 1. The summed E-state index contributed by atoms with van der Waals surface area (Å²) in [5.74, 6) is -0.493. The molecule has 5 aromatic rings. The molecule has 2 heterocycles. The second-order valence-corrected chi connectivity index (χ2v) is 11.6. The quantitative estimate of drug-likeness (QED) is 0.136. The fraction of sp³-hybridized carbons (Fsp3) is 0.270. The molecule has 1 fully saturated rings. The van der Waals surface area contributed by atoms with Crippen LogP contribution in [0.4, 0.5) is 14.9 Å². The number of rotatable bonds is 11. The summed E-state index contributed by atoms with van der Waals surface area (Å²) in [6, 6.07) is 30.8. The third kappa shape index (κ3) is 7.67. The van der Waals surface area contributed by atoms with Gasteiger partial charge in [-0.2, -0.15) is 0 Å². The number of ether oxygens (including phenoxy) is 2. The van der Waals surface area contributed by atoms with E-state index in [0.717, 1.165) is 36.0 Å². The van der Waals surface area contributed by atoms with Gasteiger partial charge in [0.1, 0.15) is 17.4 Å². The molecule has 1 aliphatic heterocycles. The minimum absolute atomic E-state index is 0.0141. The van der Waals surface area contributed by atoms with Crippen LogP contribution in [-0.2, 0) is 20.7 Å². The first-order valence-electron chi connectivity index (χ1n) is 15.8. The summed E-state index contributed by atoms with van der Waals surface area (Å²) in [5, 5.41) is 9.37. The van der Waals surface area contributed by atoms with Gasteiger partial charge in [-0.1, -0.05) is 84.9 Å². The molecule has 4 aromatic carbocycles. The molecular weight excluding hydrogens is 597 g/mol. The summed E-state index contributed by atoms with van der Waals surface area (Å²) in [6.07, 6.45) is 1.69. The van der Waals surface area contributed by atoms with Gasteiger partial charge in [0.05, 0.1) is 31.4 Å². The number of H-pyrrole nitrogens is 1. The first-order valence-corrected chi connectivity index (χ1v) is 15.8. The zero-order valence-electron chi connectivity index (χ0n) is 26.1. The molecule has 3 atom stereocenters. The van der Waals surface area contributed by atoms with Crippen molar-refractivity contribution in [3.63, 3.8) is 0 Å². The van der Waals surface area contributed by atoms with Crippen LogP contribution in [0.25, 0.3) is 11.0 Å². The van der Waals surface area contributed by atoms with Gasteiger partial charge in [0, 0.05) is 18.2 Å². The molecule has 9 nitrogen and oxygen atoms in total. The summed E-state index contributed by atoms with van der Waals surface area (Å²) in [7, 11) is 1.28. The normalized spacial score (nSPS) is 16.9. The number of carbonyl (C=O) groups excluding carboxylic acids is 2. The third-order valence-corrected chi connectivity index (χ3v) is 8.54. The van der Waals surface area contributed by atoms with E-state index < -0.39 is 18.1 Å². The van der Waals surface area contributed by atoms with E-state index in [1.54, 1.807) is 6.07 Å². The average molecular weight is 636 g/mol.